The highest BCUT2D eigenvalue weighted by atomic mass is 16.5. The summed E-state index contributed by atoms with van der Waals surface area (Å²) in [6.45, 7) is 0.964. The molecule has 1 amide bonds. The predicted octanol–water partition coefficient (Wildman–Crippen LogP) is 3.19. The normalized spacial score (nSPS) is 14.8. The van der Waals surface area contributed by atoms with Gasteiger partial charge in [0.1, 0.15) is 5.75 Å². The van der Waals surface area contributed by atoms with Gasteiger partial charge in [0.25, 0.3) is 11.5 Å². The van der Waals surface area contributed by atoms with E-state index in [4.69, 9.17) is 4.74 Å². The summed E-state index contributed by atoms with van der Waals surface area (Å²) in [5.74, 6) is -0.566. The minimum Gasteiger partial charge on any atom is -0.497 e. The number of carbonyl (C=O) groups is 2. The van der Waals surface area contributed by atoms with Crippen molar-refractivity contribution in [2.45, 2.75) is 45.3 Å². The number of rotatable bonds is 10. The summed E-state index contributed by atoms with van der Waals surface area (Å²) in [5, 5.41) is 12.3. The fourth-order valence-corrected chi connectivity index (χ4v) is 4.93. The zero-order valence-corrected chi connectivity index (χ0v) is 22.0. The van der Waals surface area contributed by atoms with Crippen molar-refractivity contribution in [3.05, 3.63) is 86.1 Å². The average Bonchev–Trinajstić information content (AvgIpc) is 3.89. The Kier molecular flexibility index (Phi) is 6.49. The number of aromatic carboxylic acids is 1. The van der Waals surface area contributed by atoms with Gasteiger partial charge in [-0.25, -0.2) is 9.59 Å². The number of aromatic nitrogens is 4. The highest BCUT2D eigenvalue weighted by Crippen LogP contribution is 2.32. The van der Waals surface area contributed by atoms with Crippen LogP contribution in [0.2, 0.25) is 0 Å². The lowest BCUT2D eigenvalue weighted by atomic mass is 10.1. The van der Waals surface area contributed by atoms with E-state index in [0.717, 1.165) is 31.2 Å². The van der Waals surface area contributed by atoms with Gasteiger partial charge in [0.05, 0.1) is 24.8 Å². The maximum absolute atomic E-state index is 13.9. The first kappa shape index (κ1) is 25.6. The molecule has 11 heteroatoms. The Morgan fingerprint density at radius 2 is 1.55 bits per heavy atom. The number of carboxylic acids is 1. The number of hydrogen-bond donors (Lipinski definition) is 2. The Balaban J connectivity index is 1.52. The third kappa shape index (κ3) is 4.90. The Hall–Kier alpha value is -4.67. The quantitative estimate of drug-likeness (QED) is 0.313. The summed E-state index contributed by atoms with van der Waals surface area (Å²) in [5.41, 5.74) is 0.207. The van der Waals surface area contributed by atoms with E-state index >= 15 is 0 Å². The molecule has 2 N–H and O–H groups in total. The molecule has 2 aliphatic rings. The lowest BCUT2D eigenvalue weighted by Crippen LogP contribution is -2.41. The van der Waals surface area contributed by atoms with Crippen LogP contribution in [0.5, 0.6) is 5.75 Å². The van der Waals surface area contributed by atoms with Crippen LogP contribution in [0.3, 0.4) is 0 Å². The molecule has 0 bridgehead atoms. The Morgan fingerprint density at radius 1 is 0.925 bits per heavy atom. The summed E-state index contributed by atoms with van der Waals surface area (Å²) in [7, 11) is 1.57. The van der Waals surface area contributed by atoms with Gasteiger partial charge in [-0.15, -0.1) is 0 Å². The summed E-state index contributed by atoms with van der Waals surface area (Å²) in [4.78, 5) is 57.2. The molecule has 0 saturated heterocycles. The number of carboxylic acid groups (broad SMARTS) is 1. The number of nitrogens with one attached hydrogen (secondary N) is 1. The van der Waals surface area contributed by atoms with E-state index in [0.29, 0.717) is 30.7 Å². The van der Waals surface area contributed by atoms with Crippen molar-refractivity contribution in [1.82, 2.24) is 18.7 Å². The van der Waals surface area contributed by atoms with E-state index in [1.54, 1.807) is 34.4 Å². The molecule has 0 unspecified atom stereocenters. The molecule has 2 aliphatic carbocycles. The average molecular weight is 544 g/mol. The molecule has 2 aromatic carbocycles. The molecule has 0 atom stereocenters. The van der Waals surface area contributed by atoms with E-state index in [1.807, 2.05) is 12.1 Å². The second-order valence-corrected chi connectivity index (χ2v) is 10.5. The van der Waals surface area contributed by atoms with Crippen LogP contribution in [-0.4, -0.2) is 42.8 Å². The molecule has 4 aromatic rings. The number of fused-ring (bicyclic) bond motifs is 1. The standard InChI is InChI=1S/C29H29N5O6/c1-40-20-12-10-19(11-13-20)14-32-23-24(30-28(32)31-25(35)21-4-2-3-5-22(21)27(37)38)33(15-17-6-7-17)29(39)34(26(23)36)16-18-8-9-18/h2-5,10-13,17-18H,6-9,14-16H2,1H3,(H,37,38)(H,30,31,35). The van der Waals surface area contributed by atoms with Crippen molar-refractivity contribution in [1.29, 1.82) is 0 Å². The van der Waals surface area contributed by atoms with Crippen LogP contribution in [0.1, 0.15) is 52.0 Å². The van der Waals surface area contributed by atoms with Gasteiger partial charge in [-0.1, -0.05) is 24.3 Å². The van der Waals surface area contributed by atoms with Gasteiger partial charge >= 0.3 is 11.7 Å². The first-order valence-electron chi connectivity index (χ1n) is 13.3. The van der Waals surface area contributed by atoms with Gasteiger partial charge < -0.3 is 9.84 Å². The van der Waals surface area contributed by atoms with Gasteiger partial charge in [0.15, 0.2) is 11.2 Å². The number of imidazole rings is 1. The van der Waals surface area contributed by atoms with Crippen LogP contribution in [0.4, 0.5) is 5.95 Å². The molecule has 6 rings (SSSR count). The fraction of sp³-hybridized carbons (Fsp3) is 0.345. The molecule has 2 fully saturated rings. The van der Waals surface area contributed by atoms with E-state index in [2.05, 4.69) is 10.3 Å². The van der Waals surface area contributed by atoms with Crippen molar-refractivity contribution >= 4 is 29.0 Å². The Labute approximate surface area is 228 Å². The smallest absolute Gasteiger partial charge is 0.336 e. The molecule has 2 aromatic heterocycles. The second-order valence-electron chi connectivity index (χ2n) is 10.5. The molecular formula is C29H29N5O6. The van der Waals surface area contributed by atoms with Crippen molar-refractivity contribution in [3.63, 3.8) is 0 Å². The third-order valence-electron chi connectivity index (χ3n) is 7.52. The van der Waals surface area contributed by atoms with Crippen LogP contribution >= 0.6 is 0 Å². The molecule has 2 heterocycles. The number of amides is 1. The summed E-state index contributed by atoms with van der Waals surface area (Å²) in [6, 6.07) is 13.2. The van der Waals surface area contributed by atoms with Crippen molar-refractivity contribution in [2.75, 3.05) is 12.4 Å². The number of carbonyl (C=O) groups excluding carboxylic acids is 1. The van der Waals surface area contributed by atoms with Crippen molar-refractivity contribution < 1.29 is 19.4 Å². The largest absolute Gasteiger partial charge is 0.497 e. The maximum atomic E-state index is 13.9. The third-order valence-corrected chi connectivity index (χ3v) is 7.52. The predicted molar refractivity (Wildman–Crippen MR) is 147 cm³/mol. The van der Waals surface area contributed by atoms with Gasteiger partial charge in [-0.05, 0) is 67.3 Å². The highest BCUT2D eigenvalue weighted by Gasteiger charge is 2.30. The molecule has 0 radical (unpaired) electrons. The SMILES string of the molecule is COc1ccc(Cn2c(NC(=O)c3ccccc3C(=O)O)nc3c2c(=O)n(CC2CC2)c(=O)n3CC2CC2)cc1. The lowest BCUT2D eigenvalue weighted by Gasteiger charge is -2.13. The minimum absolute atomic E-state index is 0.0421. The fourth-order valence-electron chi connectivity index (χ4n) is 4.93. The number of anilines is 1. The van der Waals surface area contributed by atoms with Crippen molar-refractivity contribution in [2.24, 2.45) is 11.8 Å². The minimum atomic E-state index is -1.24. The summed E-state index contributed by atoms with van der Waals surface area (Å²) >= 11 is 0. The monoisotopic (exact) mass is 543 g/mol. The molecule has 206 valence electrons. The van der Waals surface area contributed by atoms with Gasteiger partial charge in [0.2, 0.25) is 5.95 Å². The number of ether oxygens (including phenoxy) is 1. The number of nitrogens with zero attached hydrogens (tertiary/aromatic N) is 4. The maximum Gasteiger partial charge on any atom is 0.336 e. The molecular weight excluding hydrogens is 514 g/mol. The van der Waals surface area contributed by atoms with E-state index in [1.165, 1.54) is 22.8 Å². The van der Waals surface area contributed by atoms with E-state index in [-0.39, 0.29) is 40.5 Å². The zero-order chi connectivity index (χ0) is 28.0. The molecule has 2 saturated carbocycles. The molecule has 0 spiro atoms. The first-order valence-corrected chi connectivity index (χ1v) is 13.3. The molecule has 40 heavy (non-hydrogen) atoms. The zero-order valence-electron chi connectivity index (χ0n) is 22.0. The number of methoxy groups -OCH3 is 1. The summed E-state index contributed by atoms with van der Waals surface area (Å²) in [6.07, 6.45) is 3.94. The van der Waals surface area contributed by atoms with Crippen molar-refractivity contribution in [3.8, 4) is 5.75 Å². The molecule has 11 nitrogen and oxygen atoms in total. The second kappa shape index (κ2) is 10.1. The van der Waals surface area contributed by atoms with E-state index in [9.17, 15) is 24.3 Å². The van der Waals surface area contributed by atoms with Crippen LogP contribution in [0.15, 0.2) is 58.1 Å². The number of benzene rings is 2. The van der Waals surface area contributed by atoms with Crippen LogP contribution in [-0.2, 0) is 19.6 Å². The lowest BCUT2D eigenvalue weighted by molar-refractivity contribution is 0.0692. The van der Waals surface area contributed by atoms with Crippen LogP contribution in [0, 0.1) is 11.8 Å². The Morgan fingerprint density at radius 3 is 2.15 bits per heavy atom. The number of hydrogen-bond acceptors (Lipinski definition) is 6. The topological polar surface area (TPSA) is 137 Å². The molecule has 0 aliphatic heterocycles. The van der Waals surface area contributed by atoms with Gasteiger partial charge in [-0.3, -0.25) is 28.6 Å². The van der Waals surface area contributed by atoms with E-state index < -0.39 is 17.4 Å². The summed E-state index contributed by atoms with van der Waals surface area (Å²) < 4.78 is 9.73. The van der Waals surface area contributed by atoms with Gasteiger partial charge in [0, 0.05) is 13.1 Å². The highest BCUT2D eigenvalue weighted by molar-refractivity contribution is 6.10. The van der Waals surface area contributed by atoms with Gasteiger partial charge in [-0.2, -0.15) is 4.98 Å². The first-order chi connectivity index (χ1) is 19.3. The van der Waals surface area contributed by atoms with Crippen LogP contribution in [0.25, 0.3) is 11.2 Å². The van der Waals surface area contributed by atoms with Crippen LogP contribution < -0.4 is 21.3 Å². The Bertz CT molecular complexity index is 1740.